The van der Waals surface area contributed by atoms with Crippen molar-refractivity contribution in [2.45, 2.75) is 56.8 Å². The number of aliphatic imine (C=N–C) groups is 1. The van der Waals surface area contributed by atoms with Gasteiger partial charge in [-0.2, -0.15) is 0 Å². The maximum Gasteiger partial charge on any atom is 0.326 e. The maximum atomic E-state index is 12.6. The van der Waals surface area contributed by atoms with E-state index in [0.29, 0.717) is 0 Å². The minimum Gasteiger partial charge on any atom is -0.481 e. The van der Waals surface area contributed by atoms with Gasteiger partial charge in [-0.05, 0) is 26.2 Å². The van der Waals surface area contributed by atoms with Crippen LogP contribution in [0.4, 0.5) is 0 Å². The summed E-state index contributed by atoms with van der Waals surface area (Å²) in [6, 6.07) is -5.17. The molecule has 0 heterocycles. The van der Waals surface area contributed by atoms with Gasteiger partial charge >= 0.3 is 11.9 Å². The van der Waals surface area contributed by atoms with Crippen LogP contribution in [0.3, 0.4) is 0 Å². The van der Waals surface area contributed by atoms with Crippen molar-refractivity contribution in [1.82, 2.24) is 16.0 Å². The van der Waals surface area contributed by atoms with E-state index >= 15 is 0 Å². The molecule has 0 spiro atoms. The number of carbonyl (C=O) groups excluding carboxylic acids is 3. The number of nitrogens with two attached hydrogens (primary N) is 3. The number of guanidine groups is 1. The third-order valence-corrected chi connectivity index (χ3v) is 4.07. The van der Waals surface area contributed by atoms with Crippen LogP contribution in [0.2, 0.25) is 0 Å². The number of rotatable bonds is 15. The lowest BCUT2D eigenvalue weighted by Crippen LogP contribution is -2.58. The highest BCUT2D eigenvalue weighted by Gasteiger charge is 2.29. The summed E-state index contributed by atoms with van der Waals surface area (Å²) in [5, 5.41) is 34.0. The van der Waals surface area contributed by atoms with Crippen LogP contribution in [-0.2, 0) is 24.0 Å². The van der Waals surface area contributed by atoms with Crippen molar-refractivity contribution in [1.29, 1.82) is 0 Å². The smallest absolute Gasteiger partial charge is 0.326 e. The SMILES string of the molecule is CC(N)C(=O)NC(CCCN=C(N)N)C(=O)NC(CO)C(=O)NC(CCC(=O)O)C(=O)O. The first-order chi connectivity index (χ1) is 14.9. The second-order valence-electron chi connectivity index (χ2n) is 6.87. The average Bonchev–Trinajstić information content (AvgIpc) is 2.70. The molecule has 0 aromatic heterocycles. The van der Waals surface area contributed by atoms with Gasteiger partial charge in [0.15, 0.2) is 5.96 Å². The maximum absolute atomic E-state index is 12.6. The first-order valence-electron chi connectivity index (χ1n) is 9.66. The van der Waals surface area contributed by atoms with E-state index < -0.39 is 73.3 Å². The summed E-state index contributed by atoms with van der Waals surface area (Å²) >= 11 is 0. The Hall–Kier alpha value is -3.46. The largest absolute Gasteiger partial charge is 0.481 e. The van der Waals surface area contributed by atoms with Crippen molar-refractivity contribution in [3.8, 4) is 0 Å². The van der Waals surface area contributed by atoms with Crippen molar-refractivity contribution < 1.29 is 39.3 Å². The molecule has 0 saturated heterocycles. The van der Waals surface area contributed by atoms with Gasteiger partial charge in [0.25, 0.3) is 0 Å². The summed E-state index contributed by atoms with van der Waals surface area (Å²) in [7, 11) is 0. The fourth-order valence-electron chi connectivity index (χ4n) is 2.34. The number of aliphatic carboxylic acids is 2. The predicted molar refractivity (Wildman–Crippen MR) is 111 cm³/mol. The number of aliphatic hydroxyl groups excluding tert-OH is 1. The van der Waals surface area contributed by atoms with Gasteiger partial charge in [-0.3, -0.25) is 24.2 Å². The van der Waals surface area contributed by atoms with Crippen LogP contribution in [0, 0.1) is 0 Å². The molecular weight excluding hydrogens is 430 g/mol. The lowest BCUT2D eigenvalue weighted by Gasteiger charge is -2.23. The lowest BCUT2D eigenvalue weighted by molar-refractivity contribution is -0.143. The van der Waals surface area contributed by atoms with E-state index in [0.717, 1.165) is 0 Å². The number of amides is 3. The van der Waals surface area contributed by atoms with Crippen molar-refractivity contribution in [3.05, 3.63) is 0 Å². The minimum atomic E-state index is -1.55. The van der Waals surface area contributed by atoms with Crippen molar-refractivity contribution in [3.63, 3.8) is 0 Å². The summed E-state index contributed by atoms with van der Waals surface area (Å²) in [5.41, 5.74) is 15.9. The van der Waals surface area contributed by atoms with Gasteiger partial charge in [-0.15, -0.1) is 0 Å². The van der Waals surface area contributed by atoms with Gasteiger partial charge in [-0.1, -0.05) is 0 Å². The van der Waals surface area contributed by atoms with Crippen molar-refractivity contribution in [2.75, 3.05) is 13.2 Å². The van der Waals surface area contributed by atoms with Crippen molar-refractivity contribution in [2.24, 2.45) is 22.2 Å². The van der Waals surface area contributed by atoms with Crippen molar-refractivity contribution >= 4 is 35.6 Å². The lowest BCUT2D eigenvalue weighted by atomic mass is 10.1. The number of carboxylic acids is 2. The van der Waals surface area contributed by atoms with Gasteiger partial charge in [0.2, 0.25) is 17.7 Å². The van der Waals surface area contributed by atoms with Crippen LogP contribution >= 0.6 is 0 Å². The molecule has 3 amide bonds. The van der Waals surface area contributed by atoms with E-state index in [9.17, 15) is 29.1 Å². The summed E-state index contributed by atoms with van der Waals surface area (Å²) in [4.78, 5) is 62.4. The Morgan fingerprint density at radius 2 is 1.41 bits per heavy atom. The summed E-state index contributed by atoms with van der Waals surface area (Å²) < 4.78 is 0. The van der Waals surface area contributed by atoms with Crippen LogP contribution < -0.4 is 33.2 Å². The molecule has 15 heteroatoms. The topological polar surface area (TPSA) is 273 Å². The molecule has 0 fully saturated rings. The Balaban J connectivity index is 5.20. The normalized spacial score (nSPS) is 14.2. The highest BCUT2D eigenvalue weighted by atomic mass is 16.4. The Kier molecular flexibility index (Phi) is 13.0. The second-order valence-corrected chi connectivity index (χ2v) is 6.87. The number of carboxylic acid groups (broad SMARTS) is 2. The zero-order valence-electron chi connectivity index (χ0n) is 17.6. The fraction of sp³-hybridized carbons (Fsp3) is 0.647. The number of nitrogens with one attached hydrogen (secondary N) is 3. The molecule has 12 N–H and O–H groups in total. The summed E-state index contributed by atoms with van der Waals surface area (Å²) in [6.45, 7) is 0.676. The Labute approximate surface area is 183 Å². The van der Waals surface area contributed by atoms with E-state index in [1.54, 1.807) is 0 Å². The number of aliphatic hydroxyl groups is 1. The highest BCUT2D eigenvalue weighted by Crippen LogP contribution is 2.02. The quantitative estimate of drug-likeness (QED) is 0.0640. The van der Waals surface area contributed by atoms with Gasteiger partial charge in [0, 0.05) is 13.0 Å². The Morgan fingerprint density at radius 1 is 0.875 bits per heavy atom. The second kappa shape index (κ2) is 14.5. The Bertz CT molecular complexity index is 709. The van der Waals surface area contributed by atoms with Crippen LogP contribution in [0.1, 0.15) is 32.6 Å². The van der Waals surface area contributed by atoms with E-state index in [4.69, 9.17) is 27.4 Å². The molecule has 0 aliphatic carbocycles. The molecule has 15 nitrogen and oxygen atoms in total. The average molecular weight is 461 g/mol. The number of hydrogen-bond donors (Lipinski definition) is 9. The molecule has 0 radical (unpaired) electrons. The molecule has 0 aliphatic heterocycles. The van der Waals surface area contributed by atoms with E-state index in [2.05, 4.69) is 20.9 Å². The van der Waals surface area contributed by atoms with Crippen LogP contribution in [0.25, 0.3) is 0 Å². The number of hydrogen-bond acceptors (Lipinski definition) is 8. The molecule has 0 bridgehead atoms. The van der Waals surface area contributed by atoms with Crippen LogP contribution in [0.15, 0.2) is 4.99 Å². The van der Waals surface area contributed by atoms with Crippen LogP contribution in [-0.4, -0.2) is 88.3 Å². The minimum absolute atomic E-state index is 0.0667. The molecule has 0 aromatic carbocycles. The van der Waals surface area contributed by atoms with E-state index in [-0.39, 0.29) is 25.3 Å². The predicted octanol–water partition coefficient (Wildman–Crippen LogP) is -4.22. The monoisotopic (exact) mass is 461 g/mol. The summed E-state index contributed by atoms with van der Waals surface area (Å²) in [5.74, 6) is -5.42. The zero-order valence-corrected chi connectivity index (χ0v) is 17.6. The molecule has 32 heavy (non-hydrogen) atoms. The van der Waals surface area contributed by atoms with E-state index in [1.807, 2.05) is 0 Å². The zero-order chi connectivity index (χ0) is 24.8. The number of carbonyl (C=O) groups is 5. The van der Waals surface area contributed by atoms with Gasteiger partial charge in [0.05, 0.1) is 12.6 Å². The Morgan fingerprint density at radius 3 is 1.88 bits per heavy atom. The molecule has 4 unspecified atom stereocenters. The molecule has 0 rings (SSSR count). The van der Waals surface area contributed by atoms with E-state index in [1.165, 1.54) is 6.92 Å². The standard InChI is InChI=1S/C17H31N7O8/c1-8(18)13(28)22-9(3-2-6-21-17(19)20)14(29)24-11(7-25)15(30)23-10(16(31)32)4-5-12(26)27/h8-11,25H,2-7,18H2,1H3,(H,22,28)(H,23,30)(H,24,29)(H,26,27)(H,31,32)(H4,19,20,21). The number of nitrogens with zero attached hydrogens (tertiary/aromatic N) is 1. The highest BCUT2D eigenvalue weighted by molar-refractivity contribution is 5.94. The molecule has 182 valence electrons. The first-order valence-corrected chi connectivity index (χ1v) is 9.66. The third kappa shape index (κ3) is 11.7. The first kappa shape index (κ1) is 28.5. The van der Waals surface area contributed by atoms with Gasteiger partial charge in [-0.25, -0.2) is 4.79 Å². The molecule has 0 aliphatic rings. The molecule has 0 aromatic rings. The third-order valence-electron chi connectivity index (χ3n) is 4.07. The summed E-state index contributed by atoms with van der Waals surface area (Å²) in [6.07, 6.45) is -0.576. The van der Waals surface area contributed by atoms with Gasteiger partial charge < -0.3 is 48.5 Å². The molecular formula is C17H31N7O8. The fourth-order valence-corrected chi connectivity index (χ4v) is 2.34. The van der Waals surface area contributed by atoms with Crippen LogP contribution in [0.5, 0.6) is 0 Å². The molecule has 4 atom stereocenters. The van der Waals surface area contributed by atoms with Gasteiger partial charge in [0.1, 0.15) is 18.1 Å². The molecule has 0 saturated carbocycles.